The molecule has 2 aromatic heterocycles. The van der Waals surface area contributed by atoms with E-state index in [2.05, 4.69) is 18.3 Å². The summed E-state index contributed by atoms with van der Waals surface area (Å²) in [7, 11) is 0. The molecule has 0 aliphatic carbocycles. The van der Waals surface area contributed by atoms with E-state index in [-0.39, 0.29) is 0 Å². The van der Waals surface area contributed by atoms with Gasteiger partial charge in [-0.15, -0.1) is 0 Å². The Morgan fingerprint density at radius 1 is 0.700 bits per heavy atom. The highest BCUT2D eigenvalue weighted by Crippen LogP contribution is 2.30. The average Bonchev–Trinajstić information content (AvgIpc) is 1.84. The van der Waals surface area contributed by atoms with Gasteiger partial charge in [-0.3, -0.25) is 18.3 Å². The maximum absolute atomic E-state index is 4.63. The molecule has 0 fully saturated rings. The van der Waals surface area contributed by atoms with Gasteiger partial charge in [-0.25, -0.2) is 0 Å². The molecule has 0 atom stereocenters. The first-order valence-electron chi connectivity index (χ1n) is 2.81. The van der Waals surface area contributed by atoms with Gasteiger partial charge in [-0.2, -0.15) is 0 Å². The predicted octanol–water partition coefficient (Wildman–Crippen LogP) is 2.37. The summed E-state index contributed by atoms with van der Waals surface area (Å²) in [5, 5.41) is 0. The van der Waals surface area contributed by atoms with Gasteiger partial charge in [0.15, 0.2) is 0 Å². The largest absolute Gasteiger partial charge is 0.285 e. The van der Waals surface area contributed by atoms with Gasteiger partial charge >= 0.3 is 0 Å². The number of fused-ring (bicyclic) bond motifs is 3. The van der Waals surface area contributed by atoms with Gasteiger partial charge in [0.05, 0.1) is 0 Å². The summed E-state index contributed by atoms with van der Waals surface area (Å²) < 4.78 is 18.5. The van der Waals surface area contributed by atoms with Crippen molar-refractivity contribution in [2.24, 2.45) is 0 Å². The predicted molar refractivity (Wildman–Crippen MR) is 30.5 cm³/mol. The third kappa shape index (κ3) is 0.292. The minimum Gasteiger partial charge on any atom is -0.285 e. The Balaban J connectivity index is 2.67. The van der Waals surface area contributed by atoms with Gasteiger partial charge < -0.3 is 0 Å². The summed E-state index contributed by atoms with van der Waals surface area (Å²) >= 11 is 0. The van der Waals surface area contributed by atoms with Crippen LogP contribution in [0, 0.1) is 0 Å². The smallest absolute Gasteiger partial charge is 0.276 e. The molecular weight excluding hydrogens is 136 g/mol. The summed E-state index contributed by atoms with van der Waals surface area (Å²) in [5.74, 6) is 0. The quantitative estimate of drug-likeness (QED) is 0.447. The fourth-order valence-electron chi connectivity index (χ4n) is 0.921. The van der Waals surface area contributed by atoms with Crippen LogP contribution in [0.25, 0.3) is 22.3 Å². The van der Waals surface area contributed by atoms with E-state index in [4.69, 9.17) is 0 Å². The first-order valence-corrected chi connectivity index (χ1v) is 2.81. The molecule has 0 bridgehead atoms. The van der Waals surface area contributed by atoms with Crippen LogP contribution >= 0.6 is 0 Å². The van der Waals surface area contributed by atoms with Crippen molar-refractivity contribution in [3.8, 4) is 0 Å². The molecule has 4 nitrogen and oxygen atoms in total. The summed E-state index contributed by atoms with van der Waals surface area (Å²) in [6, 6.07) is 3.53. The van der Waals surface area contributed by atoms with E-state index in [1.165, 1.54) is 0 Å². The van der Waals surface area contributed by atoms with Crippen molar-refractivity contribution in [2.45, 2.75) is 0 Å². The highest BCUT2D eigenvalue weighted by atomic mass is 17.0. The Kier molecular flexibility index (Phi) is 0.484. The molecular formula is C6H2O4. The van der Waals surface area contributed by atoms with Crippen molar-refractivity contribution < 1.29 is 18.3 Å². The van der Waals surface area contributed by atoms with Crippen molar-refractivity contribution in [3.63, 3.8) is 0 Å². The van der Waals surface area contributed by atoms with Crippen molar-refractivity contribution >= 4 is 22.3 Å². The molecule has 3 aromatic rings. The molecule has 0 radical (unpaired) electrons. The van der Waals surface area contributed by atoms with Crippen molar-refractivity contribution in [1.82, 2.24) is 0 Å². The van der Waals surface area contributed by atoms with E-state index in [9.17, 15) is 0 Å². The second-order valence-corrected chi connectivity index (χ2v) is 2.05. The number of benzene rings is 1. The Bertz CT molecular complexity index is 419. The molecule has 0 aliphatic heterocycles. The summed E-state index contributed by atoms with van der Waals surface area (Å²) in [5.41, 5.74) is 2.65. The molecule has 3 rings (SSSR count). The second kappa shape index (κ2) is 1.13. The Morgan fingerprint density at radius 2 is 1.20 bits per heavy atom. The normalized spacial score (nSPS) is 12.0. The second-order valence-electron chi connectivity index (χ2n) is 2.05. The molecule has 10 heavy (non-hydrogen) atoms. The first kappa shape index (κ1) is 4.27. The SMILES string of the molecule is c1cc2ooc2c2ooc12. The first-order chi connectivity index (χ1) is 4.95. The Morgan fingerprint density at radius 3 is 1.50 bits per heavy atom. The molecule has 4 heteroatoms. The number of hydrogen-bond acceptors (Lipinski definition) is 4. The van der Waals surface area contributed by atoms with Gasteiger partial charge in [0, 0.05) is 0 Å². The van der Waals surface area contributed by atoms with Crippen LogP contribution < -0.4 is 0 Å². The van der Waals surface area contributed by atoms with E-state index in [1.807, 2.05) is 0 Å². The van der Waals surface area contributed by atoms with E-state index in [1.54, 1.807) is 12.1 Å². The Hall–Kier alpha value is -1.58. The molecule has 0 aliphatic rings. The lowest BCUT2D eigenvalue weighted by Gasteiger charge is -2.00. The van der Waals surface area contributed by atoms with Gasteiger partial charge in [-0.05, 0) is 12.1 Å². The molecule has 0 amide bonds. The van der Waals surface area contributed by atoms with E-state index in [0.717, 1.165) is 0 Å². The lowest BCUT2D eigenvalue weighted by Crippen LogP contribution is -1.81. The molecule has 0 saturated heterocycles. The van der Waals surface area contributed by atoms with E-state index >= 15 is 0 Å². The van der Waals surface area contributed by atoms with Gasteiger partial charge in [0.2, 0.25) is 11.2 Å². The van der Waals surface area contributed by atoms with E-state index < -0.39 is 0 Å². The zero-order valence-electron chi connectivity index (χ0n) is 4.79. The van der Waals surface area contributed by atoms with Crippen LogP contribution in [0.3, 0.4) is 0 Å². The third-order valence-electron chi connectivity index (χ3n) is 1.47. The molecule has 0 N–H and O–H groups in total. The van der Waals surface area contributed by atoms with Crippen LogP contribution in [0.4, 0.5) is 0 Å². The van der Waals surface area contributed by atoms with Crippen LogP contribution in [0.15, 0.2) is 30.4 Å². The lowest BCUT2D eigenvalue weighted by molar-refractivity contribution is 0.0368. The minimum atomic E-state index is 0.628. The summed E-state index contributed by atoms with van der Waals surface area (Å²) in [6.45, 7) is 0. The Labute approximate surface area is 53.8 Å². The maximum atomic E-state index is 4.63. The fourth-order valence-corrected chi connectivity index (χ4v) is 0.921. The molecule has 50 valence electrons. The van der Waals surface area contributed by atoms with Gasteiger partial charge in [-0.1, -0.05) is 0 Å². The lowest BCUT2D eigenvalue weighted by atomic mass is 10.3. The molecule has 1 aromatic carbocycles. The molecule has 0 unspecified atom stereocenters. The standard InChI is InChI=1S/C6H2O4/c1-2-4-6(10-8-4)5-3(1)7-9-5/h1-2H. The monoisotopic (exact) mass is 138 g/mol. The van der Waals surface area contributed by atoms with Gasteiger partial charge in [0.25, 0.3) is 11.2 Å². The third-order valence-corrected chi connectivity index (χ3v) is 1.47. The zero-order chi connectivity index (χ0) is 6.55. The molecule has 0 saturated carbocycles. The number of hydrogen-bond donors (Lipinski definition) is 0. The number of rotatable bonds is 0. The molecule has 0 spiro atoms. The van der Waals surface area contributed by atoms with Crippen molar-refractivity contribution in [1.29, 1.82) is 0 Å². The van der Waals surface area contributed by atoms with Crippen LogP contribution in [-0.2, 0) is 0 Å². The summed E-state index contributed by atoms with van der Waals surface area (Å²) in [6.07, 6.45) is 0. The highest BCUT2D eigenvalue weighted by Gasteiger charge is 2.16. The average molecular weight is 138 g/mol. The fraction of sp³-hybridized carbons (Fsp3) is 0. The zero-order valence-corrected chi connectivity index (χ0v) is 4.79. The minimum absolute atomic E-state index is 0.628. The van der Waals surface area contributed by atoms with Crippen LogP contribution in [0.1, 0.15) is 0 Å². The van der Waals surface area contributed by atoms with E-state index in [0.29, 0.717) is 22.3 Å². The topological polar surface area (TPSA) is 52.6 Å². The highest BCUT2D eigenvalue weighted by molar-refractivity contribution is 5.95. The van der Waals surface area contributed by atoms with Crippen LogP contribution in [0.5, 0.6) is 0 Å². The van der Waals surface area contributed by atoms with Crippen LogP contribution in [0.2, 0.25) is 0 Å². The van der Waals surface area contributed by atoms with Gasteiger partial charge in [0.1, 0.15) is 0 Å². The van der Waals surface area contributed by atoms with Crippen molar-refractivity contribution in [3.05, 3.63) is 12.1 Å². The molecule has 2 heterocycles. The van der Waals surface area contributed by atoms with Crippen LogP contribution in [-0.4, -0.2) is 0 Å². The summed E-state index contributed by atoms with van der Waals surface area (Å²) in [4.78, 5) is 0. The maximum Gasteiger partial charge on any atom is 0.276 e. The van der Waals surface area contributed by atoms with Crippen molar-refractivity contribution in [2.75, 3.05) is 0 Å².